The van der Waals surface area contributed by atoms with Gasteiger partial charge >= 0.3 is 5.97 Å². The Morgan fingerprint density at radius 3 is 2.81 bits per heavy atom. The molecule has 3 aromatic carbocycles. The molecule has 0 aliphatic heterocycles. The molecular weight excluding hydrogens is 470 g/mol. The van der Waals surface area contributed by atoms with Gasteiger partial charge in [0.1, 0.15) is 24.3 Å². The molecule has 0 radical (unpaired) electrons. The summed E-state index contributed by atoms with van der Waals surface area (Å²) in [5, 5.41) is 18.8. The van der Waals surface area contributed by atoms with Gasteiger partial charge in [0, 0.05) is 0 Å². The Morgan fingerprint density at radius 2 is 2.06 bits per heavy atom. The van der Waals surface area contributed by atoms with Gasteiger partial charge in [0.15, 0.2) is 0 Å². The summed E-state index contributed by atoms with van der Waals surface area (Å²) in [7, 11) is 0. The number of aromatic amines is 1. The van der Waals surface area contributed by atoms with Crippen LogP contribution in [-0.4, -0.2) is 21.0 Å². The molecule has 6 nitrogen and oxygen atoms in total. The lowest BCUT2D eigenvalue weighted by Crippen LogP contribution is -2.00. The first-order valence-corrected chi connectivity index (χ1v) is 10.6. The number of nitrogens with one attached hydrogen (secondary N) is 1. The number of aromatic nitrogens is 2. The molecule has 4 aromatic rings. The zero-order valence-electron chi connectivity index (χ0n) is 17.1. The number of ether oxygens (including phenoxy) is 1. The largest absolute Gasteiger partial charge is 0.488 e. The smallest absolute Gasteiger partial charge is 0.335 e. The maximum absolute atomic E-state index is 11.1. The van der Waals surface area contributed by atoms with E-state index in [1.807, 2.05) is 43.3 Å². The Balaban J connectivity index is 1.54. The van der Waals surface area contributed by atoms with E-state index in [9.17, 15) is 10.1 Å². The number of aromatic carboxylic acids is 1. The van der Waals surface area contributed by atoms with Gasteiger partial charge < -0.3 is 14.8 Å². The fourth-order valence-corrected chi connectivity index (χ4v) is 3.76. The second-order valence-corrected chi connectivity index (χ2v) is 8.11. The third-order valence-electron chi connectivity index (χ3n) is 4.85. The number of halogens is 1. The Morgan fingerprint density at radius 1 is 1.22 bits per heavy atom. The van der Waals surface area contributed by atoms with Crippen molar-refractivity contribution in [1.82, 2.24) is 9.97 Å². The number of fused-ring (bicyclic) bond motifs is 1. The fraction of sp³-hybridized carbons (Fsp3) is 0.0800. The van der Waals surface area contributed by atoms with E-state index in [4.69, 9.17) is 9.84 Å². The number of allylic oxidation sites excluding steroid dienone is 1. The quantitative estimate of drug-likeness (QED) is 0.326. The van der Waals surface area contributed by atoms with Crippen molar-refractivity contribution in [3.63, 3.8) is 0 Å². The van der Waals surface area contributed by atoms with Gasteiger partial charge in [-0.15, -0.1) is 0 Å². The van der Waals surface area contributed by atoms with Crippen LogP contribution < -0.4 is 4.74 Å². The van der Waals surface area contributed by atoms with E-state index in [1.165, 1.54) is 0 Å². The third kappa shape index (κ3) is 4.71. The van der Waals surface area contributed by atoms with Gasteiger partial charge in [-0.25, -0.2) is 9.78 Å². The van der Waals surface area contributed by atoms with Crippen molar-refractivity contribution in [2.75, 3.05) is 0 Å². The summed E-state index contributed by atoms with van der Waals surface area (Å²) in [5.74, 6) is 0.153. The number of nitrogens with zero attached hydrogens (tertiary/aromatic N) is 2. The number of H-pyrrole nitrogens is 1. The Bertz CT molecular complexity index is 1400. The van der Waals surface area contributed by atoms with E-state index >= 15 is 0 Å². The second-order valence-electron chi connectivity index (χ2n) is 7.26. The summed E-state index contributed by atoms with van der Waals surface area (Å²) < 4.78 is 6.56. The summed E-state index contributed by atoms with van der Waals surface area (Å²) >= 11 is 3.51. The molecule has 0 aliphatic rings. The highest BCUT2D eigenvalue weighted by Crippen LogP contribution is 2.29. The number of carboxylic acids is 1. The average Bonchev–Trinajstić information content (AvgIpc) is 3.20. The van der Waals surface area contributed by atoms with Crippen LogP contribution in [0, 0.1) is 18.3 Å². The van der Waals surface area contributed by atoms with Crippen molar-refractivity contribution in [3.05, 3.63) is 93.2 Å². The standard InChI is InChI=1S/C25H18BrN3O3/c1-15-5-7-21-22(9-15)29-24(28-21)19(13-27)10-16-6-8-23(20(26)12-16)32-14-17-3-2-4-18(11-17)25(30)31/h2-12H,14H2,1H3,(H,28,29)(H,30,31)/b19-10-. The molecule has 0 bridgehead atoms. The number of benzene rings is 3. The monoisotopic (exact) mass is 487 g/mol. The number of rotatable bonds is 6. The Hall–Kier alpha value is -3.89. The normalized spacial score (nSPS) is 11.3. The molecule has 158 valence electrons. The van der Waals surface area contributed by atoms with Crippen LogP contribution in [0.2, 0.25) is 0 Å². The van der Waals surface area contributed by atoms with Crippen molar-refractivity contribution in [1.29, 1.82) is 5.26 Å². The minimum atomic E-state index is -0.975. The molecule has 0 saturated carbocycles. The number of carboxylic acid groups (broad SMARTS) is 1. The highest BCUT2D eigenvalue weighted by atomic mass is 79.9. The lowest BCUT2D eigenvalue weighted by Gasteiger charge is -2.09. The lowest BCUT2D eigenvalue weighted by molar-refractivity contribution is 0.0696. The van der Waals surface area contributed by atoms with E-state index in [-0.39, 0.29) is 12.2 Å². The molecule has 0 unspecified atom stereocenters. The minimum absolute atomic E-state index is 0.218. The van der Waals surface area contributed by atoms with E-state index in [0.29, 0.717) is 17.1 Å². The third-order valence-corrected chi connectivity index (χ3v) is 5.47. The SMILES string of the molecule is Cc1ccc2nc(/C(C#N)=C\c3ccc(OCc4cccc(C(=O)O)c4)c(Br)c3)[nH]c2c1. The zero-order valence-corrected chi connectivity index (χ0v) is 18.7. The van der Waals surface area contributed by atoms with Gasteiger partial charge in [-0.2, -0.15) is 5.26 Å². The molecule has 0 fully saturated rings. The van der Waals surface area contributed by atoms with Gasteiger partial charge in [0.25, 0.3) is 0 Å². The summed E-state index contributed by atoms with van der Waals surface area (Å²) in [6.07, 6.45) is 1.76. The second kappa shape index (κ2) is 9.08. The van der Waals surface area contributed by atoms with Crippen molar-refractivity contribution < 1.29 is 14.6 Å². The summed E-state index contributed by atoms with van der Waals surface area (Å²) in [5.41, 5.74) is 5.02. The van der Waals surface area contributed by atoms with Gasteiger partial charge in [-0.3, -0.25) is 0 Å². The highest BCUT2D eigenvalue weighted by Gasteiger charge is 2.10. The van der Waals surface area contributed by atoms with Gasteiger partial charge in [0.2, 0.25) is 0 Å². The molecule has 0 aliphatic carbocycles. The molecule has 0 spiro atoms. The molecule has 0 saturated heterocycles. The molecule has 0 atom stereocenters. The van der Waals surface area contributed by atoms with E-state index in [2.05, 4.69) is 32.0 Å². The number of nitriles is 1. The van der Waals surface area contributed by atoms with Crippen LogP contribution >= 0.6 is 15.9 Å². The first-order valence-electron chi connectivity index (χ1n) is 9.76. The molecule has 4 rings (SSSR count). The van der Waals surface area contributed by atoms with Crippen molar-refractivity contribution >= 4 is 44.6 Å². The van der Waals surface area contributed by atoms with Crippen LogP contribution in [-0.2, 0) is 6.61 Å². The minimum Gasteiger partial charge on any atom is -0.488 e. The first-order chi connectivity index (χ1) is 15.4. The number of imidazole rings is 1. The molecular formula is C25H18BrN3O3. The first kappa shape index (κ1) is 21.3. The molecule has 32 heavy (non-hydrogen) atoms. The van der Waals surface area contributed by atoms with Crippen LogP contribution in [0.15, 0.2) is 65.1 Å². The number of carbonyl (C=O) groups is 1. The number of aryl methyl sites for hydroxylation is 1. The van der Waals surface area contributed by atoms with Crippen LogP contribution in [0.3, 0.4) is 0 Å². The Labute approximate surface area is 192 Å². The summed E-state index contributed by atoms with van der Waals surface area (Å²) in [6, 6.07) is 20.2. The lowest BCUT2D eigenvalue weighted by atomic mass is 10.1. The molecule has 1 heterocycles. The van der Waals surface area contributed by atoms with Crippen LogP contribution in [0.5, 0.6) is 5.75 Å². The predicted molar refractivity (Wildman–Crippen MR) is 126 cm³/mol. The van der Waals surface area contributed by atoms with Gasteiger partial charge in [-0.1, -0.05) is 24.3 Å². The van der Waals surface area contributed by atoms with Crippen molar-refractivity contribution in [2.45, 2.75) is 13.5 Å². The Kier molecular flexibility index (Phi) is 6.06. The van der Waals surface area contributed by atoms with Crippen LogP contribution in [0.4, 0.5) is 0 Å². The molecule has 0 amide bonds. The predicted octanol–water partition coefficient (Wildman–Crippen LogP) is 5.98. The number of hydrogen-bond donors (Lipinski definition) is 2. The van der Waals surface area contributed by atoms with Gasteiger partial charge in [-0.05, 0) is 82.0 Å². The zero-order chi connectivity index (χ0) is 22.7. The van der Waals surface area contributed by atoms with E-state index in [1.54, 1.807) is 30.3 Å². The number of hydrogen-bond acceptors (Lipinski definition) is 4. The van der Waals surface area contributed by atoms with E-state index in [0.717, 1.165) is 32.2 Å². The maximum Gasteiger partial charge on any atom is 0.335 e. The highest BCUT2D eigenvalue weighted by molar-refractivity contribution is 9.10. The maximum atomic E-state index is 11.1. The summed E-state index contributed by atoms with van der Waals surface area (Å²) in [6.45, 7) is 2.24. The van der Waals surface area contributed by atoms with Crippen LogP contribution in [0.1, 0.15) is 32.9 Å². The fourth-order valence-electron chi connectivity index (χ4n) is 3.25. The summed E-state index contributed by atoms with van der Waals surface area (Å²) in [4.78, 5) is 18.8. The van der Waals surface area contributed by atoms with Crippen molar-refractivity contribution in [2.24, 2.45) is 0 Å². The average molecular weight is 488 g/mol. The van der Waals surface area contributed by atoms with Crippen molar-refractivity contribution in [3.8, 4) is 11.8 Å². The molecule has 7 heteroatoms. The molecule has 1 aromatic heterocycles. The van der Waals surface area contributed by atoms with E-state index < -0.39 is 5.97 Å². The topological polar surface area (TPSA) is 99.0 Å². The van der Waals surface area contributed by atoms with Crippen LogP contribution in [0.25, 0.3) is 22.7 Å². The molecule has 2 N–H and O–H groups in total. The van der Waals surface area contributed by atoms with Gasteiger partial charge in [0.05, 0.1) is 26.6 Å².